The highest BCUT2D eigenvalue weighted by molar-refractivity contribution is 6.34. The zero-order chi connectivity index (χ0) is 15.6. The lowest BCUT2D eigenvalue weighted by Crippen LogP contribution is -2.37. The molecule has 0 aromatic heterocycles. The van der Waals surface area contributed by atoms with Crippen LogP contribution in [-0.4, -0.2) is 36.0 Å². The minimum Gasteiger partial charge on any atom is -0.496 e. The Balaban J connectivity index is 2.22. The Morgan fingerprint density at radius 2 is 2.19 bits per heavy atom. The number of carbonyl (C=O) groups excluding carboxylic acids is 2. The minimum absolute atomic E-state index is 0.0749. The van der Waals surface area contributed by atoms with Gasteiger partial charge in [0.05, 0.1) is 17.8 Å². The van der Waals surface area contributed by atoms with Crippen LogP contribution in [0.2, 0.25) is 5.02 Å². The first-order chi connectivity index (χ1) is 9.92. The number of carboxylic acids is 1. The van der Waals surface area contributed by atoms with Crippen LogP contribution in [0.15, 0.2) is 12.1 Å². The Morgan fingerprint density at radius 3 is 2.71 bits per heavy atom. The van der Waals surface area contributed by atoms with Crippen molar-refractivity contribution >= 4 is 35.1 Å². The zero-order valence-electron chi connectivity index (χ0n) is 11.1. The van der Waals surface area contributed by atoms with E-state index in [-0.39, 0.29) is 27.9 Å². The first kappa shape index (κ1) is 15.1. The van der Waals surface area contributed by atoms with E-state index in [0.717, 1.165) is 0 Å². The van der Waals surface area contributed by atoms with Crippen molar-refractivity contribution in [2.45, 2.75) is 18.9 Å². The molecule has 1 saturated heterocycles. The van der Waals surface area contributed by atoms with E-state index in [1.807, 2.05) is 0 Å². The van der Waals surface area contributed by atoms with Crippen molar-refractivity contribution in [3.05, 3.63) is 22.7 Å². The number of methoxy groups -OCH3 is 1. The Morgan fingerprint density at radius 1 is 1.48 bits per heavy atom. The number of hydrogen-bond acceptors (Lipinski definition) is 4. The van der Waals surface area contributed by atoms with Crippen molar-refractivity contribution in [2.24, 2.45) is 0 Å². The lowest BCUT2D eigenvalue weighted by molar-refractivity contribution is -0.122. The molecule has 0 aliphatic carbocycles. The molecule has 21 heavy (non-hydrogen) atoms. The molecule has 1 aromatic carbocycles. The number of carbonyl (C=O) groups is 3. The number of ether oxygens (including phenoxy) is 1. The third-order valence-corrected chi connectivity index (χ3v) is 3.40. The lowest BCUT2D eigenvalue weighted by Gasteiger charge is -2.14. The van der Waals surface area contributed by atoms with Crippen LogP contribution >= 0.6 is 11.6 Å². The highest BCUT2D eigenvalue weighted by atomic mass is 35.5. The van der Waals surface area contributed by atoms with Crippen LogP contribution < -0.4 is 15.4 Å². The van der Waals surface area contributed by atoms with Gasteiger partial charge in [-0.2, -0.15) is 0 Å². The Labute approximate surface area is 125 Å². The summed E-state index contributed by atoms with van der Waals surface area (Å²) in [7, 11) is 1.32. The van der Waals surface area contributed by atoms with Crippen LogP contribution in [0.1, 0.15) is 23.2 Å². The number of anilines is 1. The molecule has 1 aromatic rings. The molecule has 0 radical (unpaired) electrons. The maximum absolute atomic E-state index is 12.0. The normalized spacial score (nSPS) is 17.2. The molecular formula is C13H13ClN2O5. The van der Waals surface area contributed by atoms with Gasteiger partial charge < -0.3 is 20.5 Å². The van der Waals surface area contributed by atoms with E-state index in [4.69, 9.17) is 21.4 Å². The van der Waals surface area contributed by atoms with Crippen LogP contribution in [-0.2, 0) is 9.59 Å². The molecule has 0 unspecified atom stereocenters. The number of rotatable bonds is 4. The van der Waals surface area contributed by atoms with Crippen LogP contribution in [0.25, 0.3) is 0 Å². The molecule has 0 saturated carbocycles. The maximum atomic E-state index is 12.0. The third-order valence-electron chi connectivity index (χ3n) is 3.09. The summed E-state index contributed by atoms with van der Waals surface area (Å²) >= 11 is 5.96. The van der Waals surface area contributed by atoms with Crippen molar-refractivity contribution in [3.8, 4) is 5.75 Å². The van der Waals surface area contributed by atoms with E-state index < -0.39 is 17.9 Å². The quantitative estimate of drug-likeness (QED) is 0.776. The number of amides is 2. The van der Waals surface area contributed by atoms with Crippen LogP contribution in [0.5, 0.6) is 5.75 Å². The van der Waals surface area contributed by atoms with Crippen LogP contribution in [0, 0.1) is 0 Å². The first-order valence-corrected chi connectivity index (χ1v) is 6.51. The van der Waals surface area contributed by atoms with Gasteiger partial charge in [-0.15, -0.1) is 0 Å². The summed E-state index contributed by atoms with van der Waals surface area (Å²) in [6, 6.07) is 1.92. The van der Waals surface area contributed by atoms with Crippen molar-refractivity contribution in [2.75, 3.05) is 12.4 Å². The topological polar surface area (TPSA) is 105 Å². The minimum atomic E-state index is -1.19. The summed E-state index contributed by atoms with van der Waals surface area (Å²) in [4.78, 5) is 34.1. The summed E-state index contributed by atoms with van der Waals surface area (Å²) in [5.74, 6) is -1.69. The van der Waals surface area contributed by atoms with Gasteiger partial charge in [-0.1, -0.05) is 11.6 Å². The van der Waals surface area contributed by atoms with Crippen molar-refractivity contribution < 1.29 is 24.2 Å². The number of halogens is 1. The Bertz CT molecular complexity index is 617. The summed E-state index contributed by atoms with van der Waals surface area (Å²) in [5.41, 5.74) is 0.124. The van der Waals surface area contributed by atoms with Crippen molar-refractivity contribution in [1.29, 1.82) is 0 Å². The number of benzene rings is 1. The lowest BCUT2D eigenvalue weighted by atomic mass is 10.1. The summed E-state index contributed by atoms with van der Waals surface area (Å²) < 4.78 is 4.97. The molecule has 0 bridgehead atoms. The molecule has 3 N–H and O–H groups in total. The molecule has 0 spiro atoms. The fourth-order valence-corrected chi connectivity index (χ4v) is 2.23. The number of aromatic carboxylic acids is 1. The maximum Gasteiger partial charge on any atom is 0.339 e. The predicted octanol–water partition coefficient (Wildman–Crippen LogP) is 1.26. The van der Waals surface area contributed by atoms with Crippen LogP contribution in [0.4, 0.5) is 5.69 Å². The highest BCUT2D eigenvalue weighted by Gasteiger charge is 2.28. The highest BCUT2D eigenvalue weighted by Crippen LogP contribution is 2.31. The smallest absolute Gasteiger partial charge is 0.339 e. The van der Waals surface area contributed by atoms with Gasteiger partial charge in [-0.3, -0.25) is 9.59 Å². The second-order valence-corrected chi connectivity index (χ2v) is 4.89. The van der Waals surface area contributed by atoms with Crippen molar-refractivity contribution in [1.82, 2.24) is 5.32 Å². The Hall–Kier alpha value is -2.28. The monoisotopic (exact) mass is 312 g/mol. The van der Waals surface area contributed by atoms with Gasteiger partial charge in [0.25, 0.3) is 0 Å². The molecule has 1 heterocycles. The van der Waals surface area contributed by atoms with Gasteiger partial charge in [0.15, 0.2) is 0 Å². The summed E-state index contributed by atoms with van der Waals surface area (Å²) in [6.07, 6.45) is 0.708. The number of nitrogens with one attached hydrogen (secondary N) is 2. The van der Waals surface area contributed by atoms with E-state index in [1.165, 1.54) is 19.2 Å². The van der Waals surface area contributed by atoms with E-state index in [0.29, 0.717) is 12.8 Å². The first-order valence-electron chi connectivity index (χ1n) is 6.13. The molecule has 2 amide bonds. The van der Waals surface area contributed by atoms with E-state index in [2.05, 4.69) is 10.6 Å². The second kappa shape index (κ2) is 6.01. The molecule has 2 rings (SSSR count). The average Bonchev–Trinajstić information content (AvgIpc) is 2.87. The van der Waals surface area contributed by atoms with Gasteiger partial charge in [-0.25, -0.2) is 4.79 Å². The van der Waals surface area contributed by atoms with Gasteiger partial charge in [-0.05, 0) is 12.5 Å². The molecule has 112 valence electrons. The van der Waals surface area contributed by atoms with E-state index in [1.54, 1.807) is 0 Å². The average molecular weight is 313 g/mol. The number of carboxylic acid groups (broad SMARTS) is 1. The predicted molar refractivity (Wildman–Crippen MR) is 74.8 cm³/mol. The summed E-state index contributed by atoms with van der Waals surface area (Å²) in [5, 5.41) is 14.2. The zero-order valence-corrected chi connectivity index (χ0v) is 11.9. The molecular weight excluding hydrogens is 300 g/mol. The van der Waals surface area contributed by atoms with Gasteiger partial charge in [0.2, 0.25) is 11.8 Å². The van der Waals surface area contributed by atoms with Gasteiger partial charge in [0, 0.05) is 12.5 Å². The van der Waals surface area contributed by atoms with Crippen molar-refractivity contribution in [3.63, 3.8) is 0 Å². The SMILES string of the molecule is COc1cc(NC(=O)[C@@H]2CCC(=O)N2)c(Cl)cc1C(=O)O. The van der Waals surface area contributed by atoms with E-state index in [9.17, 15) is 14.4 Å². The Kier molecular flexibility index (Phi) is 4.32. The number of hydrogen-bond donors (Lipinski definition) is 3. The molecule has 1 aliphatic heterocycles. The second-order valence-electron chi connectivity index (χ2n) is 4.49. The van der Waals surface area contributed by atoms with Gasteiger partial charge >= 0.3 is 5.97 Å². The molecule has 1 atom stereocenters. The standard InChI is InChI=1S/C13H13ClN2O5/c1-21-10-5-9(7(14)4-6(10)13(19)20)16-12(18)8-2-3-11(17)15-8/h4-5,8H,2-3H2,1H3,(H,15,17)(H,16,18)(H,19,20)/t8-/m0/s1. The molecule has 8 heteroatoms. The molecule has 7 nitrogen and oxygen atoms in total. The summed E-state index contributed by atoms with van der Waals surface area (Å²) in [6.45, 7) is 0. The fourth-order valence-electron chi connectivity index (χ4n) is 2.02. The fraction of sp³-hybridized carbons (Fsp3) is 0.308. The molecule has 1 aliphatic rings. The molecule has 1 fully saturated rings. The third kappa shape index (κ3) is 3.25. The van der Waals surface area contributed by atoms with E-state index >= 15 is 0 Å². The van der Waals surface area contributed by atoms with Gasteiger partial charge in [0.1, 0.15) is 17.4 Å². The largest absolute Gasteiger partial charge is 0.496 e. The van der Waals surface area contributed by atoms with Crippen LogP contribution in [0.3, 0.4) is 0 Å².